The first-order chi connectivity index (χ1) is 18.3. The van der Waals surface area contributed by atoms with Gasteiger partial charge in [-0.2, -0.15) is 0 Å². The first-order valence-electron chi connectivity index (χ1n) is 14.1. The van der Waals surface area contributed by atoms with Crippen LogP contribution in [0.15, 0.2) is 54.6 Å². The molecule has 2 aromatic rings. The van der Waals surface area contributed by atoms with Crippen LogP contribution in [-0.4, -0.2) is 70.7 Å². The molecule has 2 saturated heterocycles. The van der Waals surface area contributed by atoms with Gasteiger partial charge in [0.15, 0.2) is 0 Å². The minimum Gasteiger partial charge on any atom is -0.480 e. The van der Waals surface area contributed by atoms with Crippen molar-refractivity contribution in [3.05, 3.63) is 66.0 Å². The molecular weight excluding hydrogens is 502 g/mol. The number of hydrogen-bond acceptors (Lipinski definition) is 4. The largest absolute Gasteiger partial charge is 0.480 e. The van der Waals surface area contributed by atoms with Crippen molar-refractivity contribution in [3.63, 3.8) is 0 Å². The molecule has 3 aliphatic rings. The number of halogens is 1. The summed E-state index contributed by atoms with van der Waals surface area (Å²) in [6.45, 7) is 4.10. The Morgan fingerprint density at radius 1 is 1.00 bits per heavy atom. The number of carbonyl (C=O) groups is 1. The van der Waals surface area contributed by atoms with Crippen LogP contribution in [0.4, 0.5) is 4.39 Å². The number of carboxylic acids is 1. The van der Waals surface area contributed by atoms with Gasteiger partial charge in [-0.15, -0.1) is 0 Å². The number of likely N-dealkylation sites (tertiary alicyclic amines) is 2. The fourth-order valence-corrected chi connectivity index (χ4v) is 8.08. The summed E-state index contributed by atoms with van der Waals surface area (Å²) >= 11 is 0. The van der Waals surface area contributed by atoms with Gasteiger partial charge in [-0.1, -0.05) is 43.2 Å². The summed E-state index contributed by atoms with van der Waals surface area (Å²) in [6.07, 6.45) is 6.02. The lowest BCUT2D eigenvalue weighted by Gasteiger charge is -2.35. The van der Waals surface area contributed by atoms with E-state index in [0.29, 0.717) is 36.3 Å². The molecule has 3 fully saturated rings. The van der Waals surface area contributed by atoms with E-state index in [1.807, 2.05) is 24.3 Å². The Morgan fingerprint density at radius 3 is 2.39 bits per heavy atom. The quantitative estimate of drug-likeness (QED) is 0.398. The summed E-state index contributed by atoms with van der Waals surface area (Å²) in [5.41, 5.74) is 0.961. The Bertz CT molecular complexity index is 1140. The summed E-state index contributed by atoms with van der Waals surface area (Å²) in [5.74, 6) is 0.320. The van der Waals surface area contributed by atoms with Crippen LogP contribution < -0.4 is 5.30 Å². The average molecular weight is 543 g/mol. The van der Waals surface area contributed by atoms with Gasteiger partial charge in [0.25, 0.3) is 0 Å². The number of carboxylic acid groups (broad SMARTS) is 1. The molecule has 0 radical (unpaired) electrons. The first-order valence-corrected chi connectivity index (χ1v) is 15.9. The van der Waals surface area contributed by atoms with E-state index in [0.717, 1.165) is 63.8 Å². The van der Waals surface area contributed by atoms with Gasteiger partial charge in [0.1, 0.15) is 11.9 Å². The maximum Gasteiger partial charge on any atom is 0.320 e. The molecule has 1 aliphatic carbocycles. The van der Waals surface area contributed by atoms with Crippen molar-refractivity contribution in [1.82, 2.24) is 9.80 Å². The SMILES string of the molecule is O=C(O)[C@@H](CC1CC1)N1C[C@H](CN2CCC(CCP(=O)(O)c3ccccc3)CC2)[C@@H](c2cccc(F)c2)C1. The molecule has 206 valence electrons. The Morgan fingerprint density at radius 2 is 1.74 bits per heavy atom. The van der Waals surface area contributed by atoms with Crippen LogP contribution in [0.25, 0.3) is 0 Å². The van der Waals surface area contributed by atoms with Crippen LogP contribution >= 0.6 is 7.37 Å². The van der Waals surface area contributed by atoms with Crippen molar-refractivity contribution >= 4 is 18.6 Å². The third-order valence-corrected chi connectivity index (χ3v) is 10.9. The van der Waals surface area contributed by atoms with Crippen LogP contribution in [-0.2, 0) is 9.36 Å². The molecule has 0 spiro atoms. The number of hydrogen-bond donors (Lipinski definition) is 2. The lowest BCUT2D eigenvalue weighted by molar-refractivity contribution is -0.143. The van der Waals surface area contributed by atoms with Crippen LogP contribution in [0.5, 0.6) is 0 Å². The zero-order valence-electron chi connectivity index (χ0n) is 22.0. The highest BCUT2D eigenvalue weighted by molar-refractivity contribution is 7.66. The third kappa shape index (κ3) is 6.93. The Balaban J connectivity index is 1.19. The molecule has 0 amide bonds. The van der Waals surface area contributed by atoms with Gasteiger partial charge in [0.05, 0.1) is 0 Å². The zero-order valence-corrected chi connectivity index (χ0v) is 22.9. The van der Waals surface area contributed by atoms with Crippen molar-refractivity contribution in [2.45, 2.75) is 50.5 Å². The highest BCUT2D eigenvalue weighted by atomic mass is 31.2. The molecule has 2 N–H and O–H groups in total. The molecule has 2 heterocycles. The van der Waals surface area contributed by atoms with E-state index >= 15 is 0 Å². The van der Waals surface area contributed by atoms with Crippen molar-refractivity contribution in [2.75, 3.05) is 38.9 Å². The minimum atomic E-state index is -3.33. The fraction of sp³-hybridized carbons (Fsp3) is 0.567. The predicted molar refractivity (Wildman–Crippen MR) is 148 cm³/mol. The first kappa shape index (κ1) is 27.5. The maximum absolute atomic E-state index is 14.1. The summed E-state index contributed by atoms with van der Waals surface area (Å²) in [4.78, 5) is 27.3. The van der Waals surface area contributed by atoms with Gasteiger partial charge < -0.3 is 14.9 Å². The molecular formula is C30H40FN2O4P. The smallest absolute Gasteiger partial charge is 0.320 e. The molecule has 2 aliphatic heterocycles. The molecule has 6 nitrogen and oxygen atoms in total. The van der Waals surface area contributed by atoms with Crippen LogP contribution in [0, 0.1) is 23.6 Å². The van der Waals surface area contributed by atoms with E-state index in [2.05, 4.69) is 9.80 Å². The number of aliphatic carboxylic acids is 1. The van der Waals surface area contributed by atoms with Gasteiger partial charge in [0, 0.05) is 37.0 Å². The van der Waals surface area contributed by atoms with E-state index in [1.54, 1.807) is 24.3 Å². The normalized spacial score (nSPS) is 25.7. The highest BCUT2D eigenvalue weighted by Crippen LogP contribution is 2.42. The molecule has 0 bridgehead atoms. The number of benzene rings is 2. The summed E-state index contributed by atoms with van der Waals surface area (Å²) in [7, 11) is -3.33. The van der Waals surface area contributed by atoms with Crippen LogP contribution in [0.1, 0.15) is 50.0 Å². The van der Waals surface area contributed by atoms with Gasteiger partial charge in [-0.25, -0.2) is 4.39 Å². The van der Waals surface area contributed by atoms with E-state index in [9.17, 15) is 23.7 Å². The van der Waals surface area contributed by atoms with Gasteiger partial charge in [0.2, 0.25) is 7.37 Å². The Hall–Kier alpha value is -2.05. The molecule has 1 saturated carbocycles. The molecule has 8 heteroatoms. The number of piperidine rings is 1. The summed E-state index contributed by atoms with van der Waals surface area (Å²) in [5, 5.41) is 10.5. The van der Waals surface area contributed by atoms with E-state index in [-0.39, 0.29) is 17.7 Å². The molecule has 5 rings (SSSR count). The van der Waals surface area contributed by atoms with Gasteiger partial charge in [-0.3, -0.25) is 14.3 Å². The molecule has 0 aromatic heterocycles. The average Bonchev–Trinajstić information content (AvgIpc) is 3.65. The highest BCUT2D eigenvalue weighted by Gasteiger charge is 2.42. The van der Waals surface area contributed by atoms with Gasteiger partial charge in [-0.05, 0) is 86.4 Å². The van der Waals surface area contributed by atoms with Crippen LogP contribution in [0.3, 0.4) is 0 Å². The molecule has 4 atom stereocenters. The van der Waals surface area contributed by atoms with Crippen molar-refractivity contribution < 1.29 is 23.7 Å². The lowest BCUT2D eigenvalue weighted by Crippen LogP contribution is -2.42. The topological polar surface area (TPSA) is 81.1 Å². The molecule has 2 aromatic carbocycles. The maximum atomic E-state index is 14.1. The van der Waals surface area contributed by atoms with Crippen molar-refractivity contribution in [3.8, 4) is 0 Å². The predicted octanol–water partition coefficient (Wildman–Crippen LogP) is 4.79. The van der Waals surface area contributed by atoms with E-state index in [1.165, 1.54) is 6.07 Å². The number of rotatable bonds is 11. The molecule has 1 unspecified atom stereocenters. The van der Waals surface area contributed by atoms with Crippen LogP contribution in [0.2, 0.25) is 0 Å². The van der Waals surface area contributed by atoms with Gasteiger partial charge >= 0.3 is 5.97 Å². The monoisotopic (exact) mass is 542 g/mol. The standard InChI is InChI=1S/C30H40FN2O4P/c31-26-6-4-5-24(18-26)28-21-33(29(30(34)35)17-23-9-10-23)20-25(28)19-32-14-11-22(12-15-32)13-16-38(36,37)27-7-2-1-3-8-27/h1-8,18,22-23,25,28-29H,9-17,19-21H2,(H,34,35)(H,36,37)/t25-,28+,29+/m0/s1. The third-order valence-electron chi connectivity index (χ3n) is 8.93. The second kappa shape index (κ2) is 12.0. The fourth-order valence-electron chi connectivity index (χ4n) is 6.47. The lowest BCUT2D eigenvalue weighted by atomic mass is 9.87. The summed E-state index contributed by atoms with van der Waals surface area (Å²) in [6, 6.07) is 15.3. The second-order valence-corrected chi connectivity index (χ2v) is 14.1. The second-order valence-electron chi connectivity index (χ2n) is 11.7. The van der Waals surface area contributed by atoms with Crippen molar-refractivity contribution in [1.29, 1.82) is 0 Å². The van der Waals surface area contributed by atoms with E-state index in [4.69, 9.17) is 0 Å². The Labute approximate surface area is 225 Å². The number of nitrogens with zero attached hydrogens (tertiary/aromatic N) is 2. The molecule has 38 heavy (non-hydrogen) atoms. The summed E-state index contributed by atoms with van der Waals surface area (Å²) < 4.78 is 26.9. The Kier molecular flexibility index (Phi) is 8.69. The minimum absolute atomic E-state index is 0.107. The zero-order chi connectivity index (χ0) is 26.7. The van der Waals surface area contributed by atoms with Crippen molar-refractivity contribution in [2.24, 2.45) is 17.8 Å². The van der Waals surface area contributed by atoms with E-state index < -0.39 is 19.4 Å².